The predicted molar refractivity (Wildman–Crippen MR) is 156 cm³/mol. The van der Waals surface area contributed by atoms with E-state index in [2.05, 4.69) is 5.32 Å². The van der Waals surface area contributed by atoms with E-state index in [1.807, 2.05) is 39.8 Å². The van der Waals surface area contributed by atoms with Crippen LogP contribution in [0.4, 0.5) is 5.69 Å². The lowest BCUT2D eigenvalue weighted by molar-refractivity contribution is -0.141. The molecular weight excluding hydrogens is 545 g/mol. The molecule has 1 atom stereocenters. The number of aryl methyl sites for hydroxylation is 1. The lowest BCUT2D eigenvalue weighted by atomic mass is 10.1. The van der Waals surface area contributed by atoms with Crippen LogP contribution in [0, 0.1) is 5.92 Å². The summed E-state index contributed by atoms with van der Waals surface area (Å²) < 4.78 is 26.4. The Labute approximate surface area is 237 Å². The molecule has 7 nitrogen and oxygen atoms in total. The first-order valence-corrected chi connectivity index (χ1v) is 15.6. The summed E-state index contributed by atoms with van der Waals surface area (Å²) in [7, 11) is -3.55. The van der Waals surface area contributed by atoms with E-state index < -0.39 is 16.1 Å². The third kappa shape index (κ3) is 9.47. The molecule has 0 aliphatic carbocycles. The Balaban J connectivity index is 2.23. The molecule has 0 saturated carbocycles. The summed E-state index contributed by atoms with van der Waals surface area (Å²) in [6, 6.07) is 11.8. The van der Waals surface area contributed by atoms with Gasteiger partial charge < -0.3 is 10.2 Å². The van der Waals surface area contributed by atoms with Crippen LogP contribution >= 0.6 is 23.2 Å². The summed E-state index contributed by atoms with van der Waals surface area (Å²) in [5.41, 5.74) is 2.41. The molecule has 2 amide bonds. The third-order valence-corrected chi connectivity index (χ3v) is 8.13. The third-order valence-electron chi connectivity index (χ3n) is 6.19. The van der Waals surface area contributed by atoms with Crippen LogP contribution in [0.2, 0.25) is 10.0 Å². The van der Waals surface area contributed by atoms with Crippen LogP contribution in [-0.4, -0.2) is 50.5 Å². The Morgan fingerprint density at radius 2 is 1.61 bits per heavy atom. The molecule has 2 aromatic rings. The molecule has 0 unspecified atom stereocenters. The van der Waals surface area contributed by atoms with Gasteiger partial charge in [0.1, 0.15) is 6.04 Å². The van der Waals surface area contributed by atoms with Gasteiger partial charge in [0.15, 0.2) is 0 Å². The number of sulfonamides is 1. The van der Waals surface area contributed by atoms with Crippen molar-refractivity contribution in [3.05, 3.63) is 63.6 Å². The van der Waals surface area contributed by atoms with Gasteiger partial charge in [0.25, 0.3) is 0 Å². The van der Waals surface area contributed by atoms with Crippen molar-refractivity contribution in [2.45, 2.75) is 66.0 Å². The minimum atomic E-state index is -3.55. The fourth-order valence-electron chi connectivity index (χ4n) is 4.08. The molecule has 0 bridgehead atoms. The number of nitrogens with one attached hydrogen (secondary N) is 1. The molecule has 0 aliphatic heterocycles. The predicted octanol–water partition coefficient (Wildman–Crippen LogP) is 5.68. The summed E-state index contributed by atoms with van der Waals surface area (Å²) in [5.74, 6) is -0.190. The zero-order chi connectivity index (χ0) is 28.5. The SMILES string of the molecule is CCc1ccc(N(CCCC(=O)N(Cc2ccc(Cl)c(Cl)c2)[C@H](CC)C(=O)NCC(C)C)S(C)(=O)=O)cc1. The van der Waals surface area contributed by atoms with Crippen molar-refractivity contribution in [3.63, 3.8) is 0 Å². The molecule has 0 aromatic heterocycles. The zero-order valence-corrected chi connectivity index (χ0v) is 25.2. The number of hydrogen-bond acceptors (Lipinski definition) is 4. The van der Waals surface area contributed by atoms with E-state index in [1.54, 1.807) is 35.2 Å². The van der Waals surface area contributed by atoms with Crippen LogP contribution in [0.1, 0.15) is 58.1 Å². The maximum Gasteiger partial charge on any atom is 0.242 e. The fourth-order valence-corrected chi connectivity index (χ4v) is 5.36. The smallest absolute Gasteiger partial charge is 0.242 e. The van der Waals surface area contributed by atoms with E-state index >= 15 is 0 Å². The first-order valence-electron chi connectivity index (χ1n) is 12.9. The normalized spacial score (nSPS) is 12.3. The molecular formula is C28H39Cl2N3O4S. The maximum atomic E-state index is 13.5. The Kier molecular flexibility index (Phi) is 12.4. The summed E-state index contributed by atoms with van der Waals surface area (Å²) in [6.45, 7) is 8.73. The van der Waals surface area contributed by atoms with E-state index in [0.29, 0.717) is 35.1 Å². The van der Waals surface area contributed by atoms with Gasteiger partial charge in [0.2, 0.25) is 21.8 Å². The van der Waals surface area contributed by atoms with Crippen molar-refractivity contribution >= 4 is 50.7 Å². The summed E-state index contributed by atoms with van der Waals surface area (Å²) in [6.07, 6.45) is 2.81. The summed E-state index contributed by atoms with van der Waals surface area (Å²) >= 11 is 12.3. The lowest BCUT2D eigenvalue weighted by Crippen LogP contribution is -2.49. The quantitative estimate of drug-likeness (QED) is 0.310. The Morgan fingerprint density at radius 3 is 2.13 bits per heavy atom. The topological polar surface area (TPSA) is 86.8 Å². The molecule has 0 heterocycles. The molecule has 0 fully saturated rings. The van der Waals surface area contributed by atoms with Crippen molar-refractivity contribution in [3.8, 4) is 0 Å². The maximum absolute atomic E-state index is 13.5. The molecule has 2 aromatic carbocycles. The fraction of sp³-hybridized carbons (Fsp3) is 0.500. The van der Waals surface area contributed by atoms with Crippen molar-refractivity contribution in [2.75, 3.05) is 23.7 Å². The molecule has 0 radical (unpaired) electrons. The zero-order valence-electron chi connectivity index (χ0n) is 22.8. The first-order chi connectivity index (χ1) is 17.9. The Bertz CT molecular complexity index is 1190. The largest absolute Gasteiger partial charge is 0.354 e. The van der Waals surface area contributed by atoms with Gasteiger partial charge in [-0.25, -0.2) is 8.42 Å². The van der Waals surface area contributed by atoms with Crippen LogP contribution in [0.3, 0.4) is 0 Å². The van der Waals surface area contributed by atoms with Gasteiger partial charge in [-0.15, -0.1) is 0 Å². The van der Waals surface area contributed by atoms with Crippen molar-refractivity contribution in [1.82, 2.24) is 10.2 Å². The molecule has 0 aliphatic rings. The lowest BCUT2D eigenvalue weighted by Gasteiger charge is -2.31. The van der Waals surface area contributed by atoms with Crippen molar-refractivity contribution in [2.24, 2.45) is 5.92 Å². The molecule has 38 heavy (non-hydrogen) atoms. The Morgan fingerprint density at radius 1 is 0.974 bits per heavy atom. The highest BCUT2D eigenvalue weighted by atomic mass is 35.5. The number of hydrogen-bond donors (Lipinski definition) is 1. The number of anilines is 1. The number of nitrogens with zero attached hydrogens (tertiary/aromatic N) is 2. The van der Waals surface area contributed by atoms with Crippen molar-refractivity contribution < 1.29 is 18.0 Å². The second kappa shape index (κ2) is 14.8. The number of rotatable bonds is 14. The number of carbonyl (C=O) groups is 2. The van der Waals surface area contributed by atoms with Crippen LogP contribution in [0.25, 0.3) is 0 Å². The van der Waals surface area contributed by atoms with Crippen LogP contribution in [-0.2, 0) is 32.6 Å². The van der Waals surface area contributed by atoms with Crippen LogP contribution < -0.4 is 9.62 Å². The Hall–Kier alpha value is -2.29. The van der Waals surface area contributed by atoms with Gasteiger partial charge >= 0.3 is 0 Å². The van der Waals surface area contributed by atoms with Crippen LogP contribution in [0.5, 0.6) is 0 Å². The van der Waals surface area contributed by atoms with Gasteiger partial charge in [-0.2, -0.15) is 0 Å². The van der Waals surface area contributed by atoms with E-state index in [-0.39, 0.29) is 37.2 Å². The number of halogens is 2. The average molecular weight is 585 g/mol. The standard InChI is InChI=1S/C28H39Cl2N3O4S/c1-6-21-10-13-23(14-11-21)33(38(5,36)37)16-8-9-27(34)32(19-22-12-15-24(29)25(30)17-22)26(7-2)28(35)31-18-20(3)4/h10-15,17,20,26H,6-9,16,18-19H2,1-5H3,(H,31,35)/t26-/m1/s1. The first kappa shape index (κ1) is 31.9. The van der Waals surface area contributed by atoms with Gasteiger partial charge in [-0.1, -0.05) is 69.1 Å². The monoisotopic (exact) mass is 583 g/mol. The summed E-state index contributed by atoms with van der Waals surface area (Å²) in [5, 5.41) is 3.71. The second-order valence-corrected chi connectivity index (χ2v) is 12.5. The number of carbonyl (C=O) groups excluding carboxylic acids is 2. The van der Waals surface area contributed by atoms with Gasteiger partial charge in [0.05, 0.1) is 22.0 Å². The average Bonchev–Trinajstić information content (AvgIpc) is 2.86. The van der Waals surface area contributed by atoms with Gasteiger partial charge in [-0.05, 0) is 60.6 Å². The highest BCUT2D eigenvalue weighted by Crippen LogP contribution is 2.25. The minimum Gasteiger partial charge on any atom is -0.354 e. The number of benzene rings is 2. The molecule has 0 saturated heterocycles. The minimum absolute atomic E-state index is 0.0777. The van der Waals surface area contributed by atoms with E-state index in [9.17, 15) is 18.0 Å². The molecule has 2 rings (SSSR count). The molecule has 0 spiro atoms. The number of amides is 2. The molecule has 1 N–H and O–H groups in total. The summed E-state index contributed by atoms with van der Waals surface area (Å²) in [4.78, 5) is 28.1. The van der Waals surface area contributed by atoms with E-state index in [1.165, 1.54) is 4.31 Å². The molecule has 210 valence electrons. The van der Waals surface area contributed by atoms with Crippen molar-refractivity contribution in [1.29, 1.82) is 0 Å². The van der Waals surface area contributed by atoms with Crippen LogP contribution in [0.15, 0.2) is 42.5 Å². The van der Waals surface area contributed by atoms with Gasteiger partial charge in [-0.3, -0.25) is 13.9 Å². The highest BCUT2D eigenvalue weighted by molar-refractivity contribution is 7.92. The van der Waals surface area contributed by atoms with Gasteiger partial charge in [0, 0.05) is 26.1 Å². The second-order valence-electron chi connectivity index (χ2n) is 9.79. The van der Waals surface area contributed by atoms with E-state index in [4.69, 9.17) is 23.2 Å². The highest BCUT2D eigenvalue weighted by Gasteiger charge is 2.29. The molecule has 10 heteroatoms. The van der Waals surface area contributed by atoms with E-state index in [0.717, 1.165) is 23.8 Å².